The van der Waals surface area contributed by atoms with Crippen LogP contribution >= 0.6 is 0 Å². The molecule has 0 aliphatic rings. The fourth-order valence-corrected chi connectivity index (χ4v) is 2.77. The van der Waals surface area contributed by atoms with Gasteiger partial charge in [-0.05, 0) is 37.8 Å². The number of rotatable bonds is 4. The van der Waals surface area contributed by atoms with Gasteiger partial charge in [-0.2, -0.15) is 0 Å². The number of ketones is 1. The Morgan fingerprint density at radius 1 is 1.00 bits per heavy atom. The Bertz CT molecular complexity index is 499. The third-order valence-corrected chi connectivity index (χ3v) is 3.13. The molecule has 0 unspecified atom stereocenters. The molecule has 1 aromatic carbocycles. The van der Waals surface area contributed by atoms with Gasteiger partial charge in [-0.25, -0.2) is 0 Å². The van der Waals surface area contributed by atoms with Gasteiger partial charge >= 0.3 is 0 Å². The van der Waals surface area contributed by atoms with E-state index in [0.29, 0.717) is 5.56 Å². The quantitative estimate of drug-likeness (QED) is 0.683. The van der Waals surface area contributed by atoms with Gasteiger partial charge in [0.2, 0.25) is 0 Å². The number of hydrogen-bond acceptors (Lipinski definition) is 2. The highest BCUT2D eigenvalue weighted by atomic mass is 16.5. The van der Waals surface area contributed by atoms with Gasteiger partial charge in [0.1, 0.15) is 11.4 Å². The molecule has 0 amide bonds. The molecule has 0 N–H and O–H groups in total. The van der Waals surface area contributed by atoms with E-state index in [1.807, 2.05) is 45.0 Å². The van der Waals surface area contributed by atoms with Crippen molar-refractivity contribution in [3.8, 4) is 5.75 Å². The van der Waals surface area contributed by atoms with Gasteiger partial charge in [0, 0.05) is 11.0 Å². The van der Waals surface area contributed by atoms with Crippen LogP contribution in [0.15, 0.2) is 24.3 Å². The molecule has 0 aromatic heterocycles. The Hall–Kier alpha value is -1.31. The van der Waals surface area contributed by atoms with Crippen molar-refractivity contribution in [2.24, 2.45) is 10.8 Å². The highest BCUT2D eigenvalue weighted by molar-refractivity contribution is 6.00. The molecule has 0 atom stereocenters. The van der Waals surface area contributed by atoms with Crippen LogP contribution in [-0.2, 0) is 0 Å². The fourth-order valence-electron chi connectivity index (χ4n) is 2.77. The number of ether oxygens (including phenoxy) is 1. The van der Waals surface area contributed by atoms with Crippen LogP contribution in [0.5, 0.6) is 5.75 Å². The molecule has 0 radical (unpaired) electrons. The van der Waals surface area contributed by atoms with Crippen molar-refractivity contribution in [2.75, 3.05) is 0 Å². The summed E-state index contributed by atoms with van der Waals surface area (Å²) < 4.78 is 6.13. The van der Waals surface area contributed by atoms with Crippen LogP contribution < -0.4 is 4.74 Å². The second kappa shape index (κ2) is 5.82. The molecule has 0 spiro atoms. The lowest BCUT2D eigenvalue weighted by Gasteiger charge is -2.33. The summed E-state index contributed by atoms with van der Waals surface area (Å²) in [5.74, 6) is 0.904. The minimum absolute atomic E-state index is 0.140. The molecule has 0 bridgehead atoms. The second-order valence-corrected chi connectivity index (χ2v) is 8.71. The molecule has 118 valence electrons. The molecule has 1 rings (SSSR count). The van der Waals surface area contributed by atoms with E-state index in [9.17, 15) is 4.79 Å². The average Bonchev–Trinajstić information content (AvgIpc) is 2.22. The average molecular weight is 290 g/mol. The molecule has 0 aliphatic carbocycles. The SMILES string of the molecule is CC(C)(C)CC(C)(C)Oc1cccc(C(=O)C(C)(C)C)c1. The first-order valence-electron chi connectivity index (χ1n) is 7.64. The Morgan fingerprint density at radius 3 is 2.05 bits per heavy atom. The molecular formula is C19H30O2. The molecule has 2 heteroatoms. The van der Waals surface area contributed by atoms with Gasteiger partial charge in [0.25, 0.3) is 0 Å². The van der Waals surface area contributed by atoms with E-state index < -0.39 is 0 Å². The highest BCUT2D eigenvalue weighted by Gasteiger charge is 2.28. The van der Waals surface area contributed by atoms with E-state index in [0.717, 1.165) is 12.2 Å². The molecule has 0 saturated carbocycles. The monoisotopic (exact) mass is 290 g/mol. The van der Waals surface area contributed by atoms with Crippen molar-refractivity contribution in [1.29, 1.82) is 0 Å². The number of Topliss-reactive ketones (excluding diaryl/α,β-unsaturated/α-hetero) is 1. The summed E-state index contributed by atoms with van der Waals surface area (Å²) in [7, 11) is 0. The Morgan fingerprint density at radius 2 is 1.57 bits per heavy atom. The zero-order chi connectivity index (χ0) is 16.5. The van der Waals surface area contributed by atoms with E-state index in [-0.39, 0.29) is 22.2 Å². The predicted octanol–water partition coefficient (Wildman–Crippen LogP) is 5.51. The number of benzene rings is 1. The van der Waals surface area contributed by atoms with E-state index in [1.165, 1.54) is 0 Å². The van der Waals surface area contributed by atoms with Crippen molar-refractivity contribution in [1.82, 2.24) is 0 Å². The van der Waals surface area contributed by atoms with Crippen LogP contribution in [0.4, 0.5) is 0 Å². The smallest absolute Gasteiger partial charge is 0.168 e. The molecule has 0 aliphatic heterocycles. The van der Waals surface area contributed by atoms with Gasteiger partial charge < -0.3 is 4.74 Å². The van der Waals surface area contributed by atoms with Crippen molar-refractivity contribution in [2.45, 2.75) is 67.4 Å². The lowest BCUT2D eigenvalue weighted by Crippen LogP contribution is -2.33. The van der Waals surface area contributed by atoms with E-state index in [1.54, 1.807) is 0 Å². The van der Waals surface area contributed by atoms with Crippen molar-refractivity contribution < 1.29 is 9.53 Å². The Kier molecular flexibility index (Phi) is 4.92. The van der Waals surface area contributed by atoms with E-state index >= 15 is 0 Å². The normalized spacial score (nSPS) is 13.1. The summed E-state index contributed by atoms with van der Waals surface area (Å²) in [4.78, 5) is 12.4. The minimum Gasteiger partial charge on any atom is -0.488 e. The van der Waals surface area contributed by atoms with Crippen LogP contribution in [0.25, 0.3) is 0 Å². The lowest BCUT2D eigenvalue weighted by atomic mass is 9.83. The second-order valence-electron chi connectivity index (χ2n) is 8.71. The molecule has 2 nitrogen and oxygen atoms in total. The molecule has 1 aromatic rings. The fraction of sp³-hybridized carbons (Fsp3) is 0.632. The third-order valence-electron chi connectivity index (χ3n) is 3.13. The first-order valence-corrected chi connectivity index (χ1v) is 7.64. The van der Waals surface area contributed by atoms with Crippen LogP contribution in [-0.4, -0.2) is 11.4 Å². The maximum atomic E-state index is 12.4. The highest BCUT2D eigenvalue weighted by Crippen LogP contribution is 2.31. The zero-order valence-electron chi connectivity index (χ0n) is 14.8. The maximum Gasteiger partial charge on any atom is 0.168 e. The van der Waals surface area contributed by atoms with Gasteiger partial charge in [-0.1, -0.05) is 53.7 Å². The standard InChI is InChI=1S/C19H30O2/c1-17(2,3)13-19(7,8)21-15-11-9-10-14(12-15)16(20)18(4,5)6/h9-12H,13H2,1-8H3. The Balaban J connectivity index is 2.94. The van der Waals surface area contributed by atoms with Crippen LogP contribution in [0.3, 0.4) is 0 Å². The topological polar surface area (TPSA) is 26.3 Å². The van der Waals surface area contributed by atoms with Crippen LogP contribution in [0, 0.1) is 10.8 Å². The molecule has 0 heterocycles. The van der Waals surface area contributed by atoms with Crippen LogP contribution in [0.1, 0.15) is 72.2 Å². The summed E-state index contributed by atoms with van der Waals surface area (Å²) in [6.07, 6.45) is 0.942. The molecule has 0 fully saturated rings. The van der Waals surface area contributed by atoms with Gasteiger partial charge in [0.15, 0.2) is 5.78 Å². The third kappa shape index (κ3) is 5.91. The summed E-state index contributed by atoms with van der Waals surface area (Å²) in [6.45, 7) is 16.6. The first kappa shape index (κ1) is 17.7. The van der Waals surface area contributed by atoms with Crippen molar-refractivity contribution >= 4 is 5.78 Å². The molecular weight excluding hydrogens is 260 g/mol. The van der Waals surface area contributed by atoms with E-state index in [2.05, 4.69) is 34.6 Å². The maximum absolute atomic E-state index is 12.4. The predicted molar refractivity (Wildman–Crippen MR) is 89.0 cm³/mol. The summed E-state index contributed by atoms with van der Waals surface area (Å²) >= 11 is 0. The van der Waals surface area contributed by atoms with E-state index in [4.69, 9.17) is 4.74 Å². The number of carbonyl (C=O) groups is 1. The van der Waals surface area contributed by atoms with Gasteiger partial charge in [0.05, 0.1) is 0 Å². The molecule has 0 saturated heterocycles. The first-order chi connectivity index (χ1) is 9.30. The zero-order valence-corrected chi connectivity index (χ0v) is 14.8. The lowest BCUT2D eigenvalue weighted by molar-refractivity contribution is 0.0618. The summed E-state index contributed by atoms with van der Waals surface area (Å²) in [5, 5.41) is 0. The minimum atomic E-state index is -0.375. The van der Waals surface area contributed by atoms with Crippen molar-refractivity contribution in [3.63, 3.8) is 0 Å². The van der Waals surface area contributed by atoms with Crippen LogP contribution in [0.2, 0.25) is 0 Å². The summed E-state index contributed by atoms with van der Waals surface area (Å²) in [6, 6.07) is 7.53. The van der Waals surface area contributed by atoms with Gasteiger partial charge in [-0.15, -0.1) is 0 Å². The molecule has 21 heavy (non-hydrogen) atoms. The largest absolute Gasteiger partial charge is 0.488 e. The number of hydrogen-bond donors (Lipinski definition) is 0. The number of carbonyl (C=O) groups excluding carboxylic acids is 1. The van der Waals surface area contributed by atoms with Gasteiger partial charge in [-0.3, -0.25) is 4.79 Å². The summed E-state index contributed by atoms with van der Waals surface area (Å²) in [5.41, 5.74) is 0.273. The van der Waals surface area contributed by atoms with Crippen molar-refractivity contribution in [3.05, 3.63) is 29.8 Å². The Labute approximate surface area is 129 Å².